The standard InChI is InChI=1S/C20H23FN2O2/c1-2-23(13-15-6-5-7-16(21)12-15)14-20(24)22-18-10-11-25-19-9-4-3-8-17(18)19/h3-9,12,18H,2,10-11,13-14H2,1H3,(H,22,24). The smallest absolute Gasteiger partial charge is 0.234 e. The van der Waals surface area contributed by atoms with Crippen molar-refractivity contribution in [2.45, 2.75) is 25.9 Å². The zero-order chi connectivity index (χ0) is 17.6. The van der Waals surface area contributed by atoms with E-state index in [4.69, 9.17) is 4.74 Å². The summed E-state index contributed by atoms with van der Waals surface area (Å²) >= 11 is 0. The van der Waals surface area contributed by atoms with E-state index in [2.05, 4.69) is 5.32 Å². The maximum absolute atomic E-state index is 13.3. The number of rotatable bonds is 6. The Labute approximate surface area is 147 Å². The molecule has 0 saturated heterocycles. The Kier molecular flexibility index (Phi) is 5.66. The molecular weight excluding hydrogens is 319 g/mol. The van der Waals surface area contributed by atoms with Crippen molar-refractivity contribution in [1.82, 2.24) is 10.2 Å². The van der Waals surface area contributed by atoms with E-state index in [1.54, 1.807) is 6.07 Å². The Morgan fingerprint density at radius 3 is 2.92 bits per heavy atom. The molecule has 1 unspecified atom stereocenters. The molecule has 4 nitrogen and oxygen atoms in total. The minimum absolute atomic E-state index is 0.0228. The van der Waals surface area contributed by atoms with Crippen LogP contribution < -0.4 is 10.1 Å². The van der Waals surface area contributed by atoms with E-state index in [0.717, 1.165) is 23.3 Å². The monoisotopic (exact) mass is 342 g/mol. The fourth-order valence-corrected chi connectivity index (χ4v) is 3.11. The summed E-state index contributed by atoms with van der Waals surface area (Å²) in [7, 11) is 0. The number of fused-ring (bicyclic) bond motifs is 1. The SMILES string of the molecule is CCN(CC(=O)NC1CCOc2ccccc21)Cc1cccc(F)c1. The first-order chi connectivity index (χ1) is 12.2. The molecule has 2 aromatic rings. The molecule has 25 heavy (non-hydrogen) atoms. The van der Waals surface area contributed by atoms with Crippen LogP contribution in [0.25, 0.3) is 0 Å². The topological polar surface area (TPSA) is 41.6 Å². The number of carbonyl (C=O) groups excluding carboxylic acids is 1. The van der Waals surface area contributed by atoms with Gasteiger partial charge >= 0.3 is 0 Å². The molecule has 1 amide bonds. The zero-order valence-electron chi connectivity index (χ0n) is 14.4. The van der Waals surface area contributed by atoms with Crippen LogP contribution in [0.3, 0.4) is 0 Å². The summed E-state index contributed by atoms with van der Waals surface area (Å²) in [5, 5.41) is 3.10. The third kappa shape index (κ3) is 4.57. The maximum atomic E-state index is 13.3. The molecule has 3 rings (SSSR count). The average Bonchev–Trinajstić information content (AvgIpc) is 2.61. The predicted molar refractivity (Wildman–Crippen MR) is 94.8 cm³/mol. The van der Waals surface area contributed by atoms with E-state index in [1.165, 1.54) is 12.1 Å². The molecule has 1 N–H and O–H groups in total. The molecule has 0 aromatic heterocycles. The van der Waals surface area contributed by atoms with E-state index in [1.807, 2.05) is 42.2 Å². The highest BCUT2D eigenvalue weighted by Gasteiger charge is 2.23. The van der Waals surface area contributed by atoms with E-state index in [9.17, 15) is 9.18 Å². The van der Waals surface area contributed by atoms with E-state index in [-0.39, 0.29) is 24.3 Å². The number of hydrogen-bond donors (Lipinski definition) is 1. The molecule has 1 heterocycles. The van der Waals surface area contributed by atoms with Gasteiger partial charge in [0.05, 0.1) is 19.2 Å². The Hall–Kier alpha value is -2.40. The van der Waals surface area contributed by atoms with Gasteiger partial charge in [0.25, 0.3) is 0 Å². The van der Waals surface area contributed by atoms with Gasteiger partial charge in [-0.2, -0.15) is 0 Å². The van der Waals surface area contributed by atoms with Gasteiger partial charge in [0.2, 0.25) is 5.91 Å². The number of likely N-dealkylation sites (N-methyl/N-ethyl adjacent to an activating group) is 1. The number of hydrogen-bond acceptors (Lipinski definition) is 3. The second kappa shape index (κ2) is 8.12. The number of carbonyl (C=O) groups is 1. The molecular formula is C20H23FN2O2. The van der Waals surface area contributed by atoms with Crippen LogP contribution in [0.4, 0.5) is 4.39 Å². The number of amides is 1. The zero-order valence-corrected chi connectivity index (χ0v) is 14.4. The van der Waals surface area contributed by atoms with Crippen LogP contribution in [0.15, 0.2) is 48.5 Å². The molecule has 1 aliphatic rings. The van der Waals surface area contributed by atoms with E-state index >= 15 is 0 Å². The van der Waals surface area contributed by atoms with Gasteiger partial charge in [0, 0.05) is 18.5 Å². The number of nitrogens with one attached hydrogen (secondary N) is 1. The fourth-order valence-electron chi connectivity index (χ4n) is 3.11. The number of ether oxygens (including phenoxy) is 1. The van der Waals surface area contributed by atoms with Gasteiger partial charge in [-0.3, -0.25) is 9.69 Å². The van der Waals surface area contributed by atoms with Crippen LogP contribution in [0.2, 0.25) is 0 Å². The number of para-hydroxylation sites is 1. The number of halogens is 1. The first-order valence-electron chi connectivity index (χ1n) is 8.63. The van der Waals surface area contributed by atoms with Crippen LogP contribution in [0, 0.1) is 5.82 Å². The quantitative estimate of drug-likeness (QED) is 0.876. The summed E-state index contributed by atoms with van der Waals surface area (Å²) in [5.74, 6) is 0.558. The Morgan fingerprint density at radius 1 is 1.28 bits per heavy atom. The van der Waals surface area contributed by atoms with Gasteiger partial charge in [-0.25, -0.2) is 4.39 Å². The summed E-state index contributed by atoms with van der Waals surface area (Å²) in [5.41, 5.74) is 1.89. The lowest BCUT2D eigenvalue weighted by molar-refractivity contribution is -0.123. The molecule has 0 spiro atoms. The molecule has 0 bridgehead atoms. The highest BCUT2D eigenvalue weighted by Crippen LogP contribution is 2.31. The maximum Gasteiger partial charge on any atom is 0.234 e. The van der Waals surface area contributed by atoms with Crippen LogP contribution in [-0.2, 0) is 11.3 Å². The number of benzene rings is 2. The van der Waals surface area contributed by atoms with Crippen molar-refractivity contribution in [1.29, 1.82) is 0 Å². The molecule has 1 aliphatic heterocycles. The van der Waals surface area contributed by atoms with Crippen LogP contribution >= 0.6 is 0 Å². The highest BCUT2D eigenvalue weighted by molar-refractivity contribution is 5.78. The molecule has 0 radical (unpaired) electrons. The fraction of sp³-hybridized carbons (Fsp3) is 0.350. The minimum atomic E-state index is -0.253. The molecule has 0 aliphatic carbocycles. The first kappa shape index (κ1) is 17.4. The Bertz CT molecular complexity index is 735. The summed E-state index contributed by atoms with van der Waals surface area (Å²) in [6.07, 6.45) is 0.763. The van der Waals surface area contributed by atoms with Gasteiger partial charge in [-0.1, -0.05) is 37.3 Å². The van der Waals surface area contributed by atoms with Crippen LogP contribution in [-0.4, -0.2) is 30.5 Å². The van der Waals surface area contributed by atoms with Gasteiger partial charge in [0.1, 0.15) is 11.6 Å². The van der Waals surface area contributed by atoms with Crippen molar-refractivity contribution >= 4 is 5.91 Å². The van der Waals surface area contributed by atoms with Gasteiger partial charge in [-0.05, 0) is 30.3 Å². The third-order valence-corrected chi connectivity index (χ3v) is 4.40. The summed E-state index contributed by atoms with van der Waals surface area (Å²) in [6.45, 7) is 4.14. The first-order valence-corrected chi connectivity index (χ1v) is 8.63. The van der Waals surface area contributed by atoms with Crippen molar-refractivity contribution in [2.75, 3.05) is 19.7 Å². The van der Waals surface area contributed by atoms with Crippen LogP contribution in [0.5, 0.6) is 5.75 Å². The van der Waals surface area contributed by atoms with Crippen molar-refractivity contribution in [2.24, 2.45) is 0 Å². The van der Waals surface area contributed by atoms with E-state index < -0.39 is 0 Å². The number of nitrogens with zero attached hydrogens (tertiary/aromatic N) is 1. The normalized spacial score (nSPS) is 16.2. The lowest BCUT2D eigenvalue weighted by Gasteiger charge is -2.28. The molecule has 1 atom stereocenters. The van der Waals surface area contributed by atoms with E-state index in [0.29, 0.717) is 19.7 Å². The van der Waals surface area contributed by atoms with Crippen molar-refractivity contribution in [3.63, 3.8) is 0 Å². The molecule has 132 valence electrons. The molecule has 5 heteroatoms. The summed E-state index contributed by atoms with van der Waals surface area (Å²) in [4.78, 5) is 14.5. The van der Waals surface area contributed by atoms with Crippen molar-refractivity contribution in [3.8, 4) is 5.75 Å². The highest BCUT2D eigenvalue weighted by atomic mass is 19.1. The second-order valence-corrected chi connectivity index (χ2v) is 6.23. The Balaban J connectivity index is 1.60. The molecule has 0 saturated carbocycles. The molecule has 2 aromatic carbocycles. The lowest BCUT2D eigenvalue weighted by Crippen LogP contribution is -2.39. The lowest BCUT2D eigenvalue weighted by atomic mass is 10.0. The largest absolute Gasteiger partial charge is 0.493 e. The summed E-state index contributed by atoms with van der Waals surface area (Å²) < 4.78 is 19.0. The second-order valence-electron chi connectivity index (χ2n) is 6.23. The van der Waals surface area contributed by atoms with Crippen LogP contribution in [0.1, 0.15) is 30.5 Å². The van der Waals surface area contributed by atoms with Gasteiger partial charge in [-0.15, -0.1) is 0 Å². The minimum Gasteiger partial charge on any atom is -0.493 e. The van der Waals surface area contributed by atoms with Gasteiger partial charge in [0.15, 0.2) is 0 Å². The van der Waals surface area contributed by atoms with Crippen molar-refractivity contribution < 1.29 is 13.9 Å². The Morgan fingerprint density at radius 2 is 2.12 bits per heavy atom. The average molecular weight is 342 g/mol. The summed E-state index contributed by atoms with van der Waals surface area (Å²) in [6, 6.07) is 14.3. The van der Waals surface area contributed by atoms with Gasteiger partial charge < -0.3 is 10.1 Å². The molecule has 0 fully saturated rings. The van der Waals surface area contributed by atoms with Crippen molar-refractivity contribution in [3.05, 3.63) is 65.5 Å². The predicted octanol–water partition coefficient (Wildman–Crippen LogP) is 3.29. The third-order valence-electron chi connectivity index (χ3n) is 4.40.